The number of rotatable bonds is 6. The van der Waals surface area contributed by atoms with E-state index in [0.717, 1.165) is 12.8 Å². The van der Waals surface area contributed by atoms with Crippen LogP contribution >= 0.6 is 0 Å². The van der Waals surface area contributed by atoms with Crippen LogP contribution < -0.4 is 4.72 Å². The lowest BCUT2D eigenvalue weighted by Crippen LogP contribution is -2.41. The molecule has 22 heavy (non-hydrogen) atoms. The monoisotopic (exact) mass is 353 g/mol. The average Bonchev–Trinajstić information content (AvgIpc) is 2.72. The number of nitrogens with one attached hydrogen (secondary N) is 1. The van der Waals surface area contributed by atoms with Crippen LogP contribution in [0, 0.1) is 0 Å². The van der Waals surface area contributed by atoms with Gasteiger partial charge in [0.1, 0.15) is 9.84 Å². The Labute approximate surface area is 134 Å². The fourth-order valence-electron chi connectivity index (χ4n) is 3.11. The van der Waals surface area contributed by atoms with Crippen LogP contribution in [0.4, 0.5) is 0 Å². The molecule has 1 aliphatic heterocycles. The maximum Gasteiger partial charge on any atom is 0.214 e. The molecule has 6 nitrogen and oxygen atoms in total. The Balaban J connectivity index is 1.69. The highest BCUT2D eigenvalue weighted by molar-refractivity contribution is 7.92. The van der Waals surface area contributed by atoms with Gasteiger partial charge in [0.2, 0.25) is 10.0 Å². The summed E-state index contributed by atoms with van der Waals surface area (Å²) in [4.78, 5) is 0. The van der Waals surface area contributed by atoms with Crippen LogP contribution in [0.25, 0.3) is 0 Å². The third-order valence-electron chi connectivity index (χ3n) is 4.50. The van der Waals surface area contributed by atoms with E-state index in [1.165, 1.54) is 25.7 Å². The van der Waals surface area contributed by atoms with Crippen LogP contribution in [0.3, 0.4) is 0 Å². The van der Waals surface area contributed by atoms with E-state index in [1.54, 1.807) is 0 Å². The first kappa shape index (κ1) is 18.2. The summed E-state index contributed by atoms with van der Waals surface area (Å²) in [7, 11) is -6.47. The van der Waals surface area contributed by atoms with Crippen molar-refractivity contribution in [2.45, 2.75) is 62.7 Å². The average molecular weight is 354 g/mol. The van der Waals surface area contributed by atoms with Gasteiger partial charge in [-0.1, -0.05) is 25.7 Å². The number of sulfone groups is 1. The third kappa shape index (κ3) is 5.79. The molecule has 0 aromatic carbocycles. The first-order valence-corrected chi connectivity index (χ1v) is 11.6. The van der Waals surface area contributed by atoms with E-state index in [-0.39, 0.29) is 37.0 Å². The molecule has 130 valence electrons. The minimum absolute atomic E-state index is 0.0306. The van der Waals surface area contributed by atoms with Crippen molar-refractivity contribution in [3.05, 3.63) is 0 Å². The van der Waals surface area contributed by atoms with E-state index in [4.69, 9.17) is 4.74 Å². The molecule has 8 heteroatoms. The van der Waals surface area contributed by atoms with Gasteiger partial charge in [-0.3, -0.25) is 0 Å². The minimum Gasteiger partial charge on any atom is -0.377 e. The molecular formula is C14H27NO5S2. The number of ether oxygens (including phenoxy) is 1. The van der Waals surface area contributed by atoms with E-state index in [1.807, 2.05) is 0 Å². The van der Waals surface area contributed by atoms with Crippen molar-refractivity contribution in [2.24, 2.45) is 0 Å². The molecule has 0 amide bonds. The molecule has 0 aromatic heterocycles. The lowest BCUT2D eigenvalue weighted by Gasteiger charge is -2.22. The predicted octanol–water partition coefficient (Wildman–Crippen LogP) is 1.22. The minimum atomic E-state index is -3.44. The summed E-state index contributed by atoms with van der Waals surface area (Å²) in [5.74, 6) is -0.0612. The SMILES string of the molecule is O=S1(=O)CCC(S(=O)(=O)NCCOC2CCCCCC2)CC1. The Bertz CT molecular complexity index is 522. The summed E-state index contributed by atoms with van der Waals surface area (Å²) in [5, 5.41) is -0.589. The number of hydrogen-bond donors (Lipinski definition) is 1. The van der Waals surface area contributed by atoms with Gasteiger partial charge in [0, 0.05) is 6.54 Å². The van der Waals surface area contributed by atoms with Crippen LogP contribution in [0.5, 0.6) is 0 Å². The molecule has 2 rings (SSSR count). The zero-order chi connectivity index (χ0) is 16.1. The van der Waals surface area contributed by atoms with Crippen molar-refractivity contribution >= 4 is 19.9 Å². The van der Waals surface area contributed by atoms with Gasteiger partial charge in [-0.25, -0.2) is 21.6 Å². The normalized spacial score (nSPS) is 24.9. The molecule has 0 atom stereocenters. The smallest absolute Gasteiger partial charge is 0.214 e. The van der Waals surface area contributed by atoms with Crippen LogP contribution in [0.2, 0.25) is 0 Å². The van der Waals surface area contributed by atoms with E-state index in [2.05, 4.69) is 4.72 Å². The quantitative estimate of drug-likeness (QED) is 0.573. The Morgan fingerprint density at radius 3 is 2.14 bits per heavy atom. The summed E-state index contributed by atoms with van der Waals surface area (Å²) >= 11 is 0. The Kier molecular flexibility index (Phi) is 6.67. The fraction of sp³-hybridized carbons (Fsp3) is 1.00. The van der Waals surface area contributed by atoms with Crippen LogP contribution in [-0.2, 0) is 24.6 Å². The Morgan fingerprint density at radius 2 is 1.55 bits per heavy atom. The molecule has 1 heterocycles. The third-order valence-corrected chi connectivity index (χ3v) is 8.17. The van der Waals surface area contributed by atoms with Gasteiger partial charge < -0.3 is 4.74 Å². The Morgan fingerprint density at radius 1 is 0.955 bits per heavy atom. The van der Waals surface area contributed by atoms with Crippen LogP contribution in [0.15, 0.2) is 0 Å². The molecular weight excluding hydrogens is 326 g/mol. The second-order valence-electron chi connectivity index (χ2n) is 6.27. The van der Waals surface area contributed by atoms with Crippen molar-refractivity contribution < 1.29 is 21.6 Å². The van der Waals surface area contributed by atoms with E-state index < -0.39 is 25.1 Å². The van der Waals surface area contributed by atoms with E-state index in [0.29, 0.717) is 6.61 Å². The zero-order valence-electron chi connectivity index (χ0n) is 13.0. The number of hydrogen-bond acceptors (Lipinski definition) is 5. The molecule has 2 fully saturated rings. The molecule has 1 N–H and O–H groups in total. The van der Waals surface area contributed by atoms with E-state index in [9.17, 15) is 16.8 Å². The zero-order valence-corrected chi connectivity index (χ0v) is 14.6. The summed E-state index contributed by atoms with van der Waals surface area (Å²) in [5.41, 5.74) is 0. The predicted molar refractivity (Wildman–Crippen MR) is 86.0 cm³/mol. The molecule has 1 saturated heterocycles. The highest BCUT2D eigenvalue weighted by atomic mass is 32.2. The van der Waals surface area contributed by atoms with Crippen molar-refractivity contribution in [1.29, 1.82) is 0 Å². The summed E-state index contributed by atoms with van der Waals surface area (Å²) in [6.45, 7) is 0.650. The topological polar surface area (TPSA) is 89.5 Å². The molecule has 0 aromatic rings. The van der Waals surface area contributed by atoms with Gasteiger partial charge >= 0.3 is 0 Å². The first-order chi connectivity index (χ1) is 10.4. The second-order valence-corrected chi connectivity index (χ2v) is 10.6. The maximum absolute atomic E-state index is 12.1. The largest absolute Gasteiger partial charge is 0.377 e. The highest BCUT2D eigenvalue weighted by Gasteiger charge is 2.32. The molecule has 1 aliphatic carbocycles. The van der Waals surface area contributed by atoms with Crippen molar-refractivity contribution in [3.8, 4) is 0 Å². The highest BCUT2D eigenvalue weighted by Crippen LogP contribution is 2.20. The summed E-state index contributed by atoms with van der Waals surface area (Å²) < 4.78 is 55.3. The lowest BCUT2D eigenvalue weighted by molar-refractivity contribution is 0.0471. The summed E-state index contributed by atoms with van der Waals surface area (Å²) in [6, 6.07) is 0. The number of sulfonamides is 1. The van der Waals surface area contributed by atoms with Crippen LogP contribution in [-0.4, -0.2) is 52.8 Å². The first-order valence-electron chi connectivity index (χ1n) is 8.19. The van der Waals surface area contributed by atoms with Gasteiger partial charge in [0.25, 0.3) is 0 Å². The van der Waals surface area contributed by atoms with Crippen molar-refractivity contribution in [3.63, 3.8) is 0 Å². The van der Waals surface area contributed by atoms with Gasteiger partial charge in [-0.05, 0) is 25.7 Å². The van der Waals surface area contributed by atoms with Crippen LogP contribution in [0.1, 0.15) is 51.4 Å². The van der Waals surface area contributed by atoms with Gasteiger partial charge in [0.15, 0.2) is 0 Å². The second kappa shape index (κ2) is 8.08. The molecule has 2 aliphatic rings. The molecule has 1 saturated carbocycles. The van der Waals surface area contributed by atoms with Gasteiger partial charge in [-0.2, -0.15) is 0 Å². The fourth-order valence-corrected chi connectivity index (χ4v) is 6.36. The van der Waals surface area contributed by atoms with Crippen molar-refractivity contribution in [1.82, 2.24) is 4.72 Å². The molecule has 0 unspecified atom stereocenters. The molecule has 0 spiro atoms. The lowest BCUT2D eigenvalue weighted by atomic mass is 10.1. The maximum atomic E-state index is 12.1. The van der Waals surface area contributed by atoms with Gasteiger partial charge in [0.05, 0.1) is 29.5 Å². The van der Waals surface area contributed by atoms with Gasteiger partial charge in [-0.15, -0.1) is 0 Å². The molecule has 0 bridgehead atoms. The standard InChI is InChI=1S/C14H27NO5S2/c16-21(17)11-7-14(8-12-21)22(18,19)15-9-10-20-13-5-3-1-2-4-6-13/h13-15H,1-12H2. The van der Waals surface area contributed by atoms with Crippen molar-refractivity contribution in [2.75, 3.05) is 24.7 Å². The molecule has 0 radical (unpaired) electrons. The Hall–Kier alpha value is -0.180. The summed E-state index contributed by atoms with van der Waals surface area (Å²) in [6.07, 6.45) is 7.67. The van der Waals surface area contributed by atoms with E-state index >= 15 is 0 Å².